The lowest BCUT2D eigenvalue weighted by Gasteiger charge is -2.23. The molecule has 8 heteroatoms. The number of alkyl carbamates (subject to hydrolysis) is 1. The Bertz CT molecular complexity index is 544. The summed E-state index contributed by atoms with van der Waals surface area (Å²) in [5.74, 6) is -0.425. The Kier molecular flexibility index (Phi) is 5.54. The van der Waals surface area contributed by atoms with Crippen molar-refractivity contribution in [3.63, 3.8) is 0 Å². The third-order valence-electron chi connectivity index (χ3n) is 2.61. The highest BCUT2D eigenvalue weighted by molar-refractivity contribution is 5.88. The van der Waals surface area contributed by atoms with Crippen LogP contribution < -0.4 is 5.32 Å². The van der Waals surface area contributed by atoms with Crippen molar-refractivity contribution in [2.24, 2.45) is 0 Å². The molecular weight excluding hydrogens is 292 g/mol. The summed E-state index contributed by atoms with van der Waals surface area (Å²) in [6, 6.07) is -0.952. The van der Waals surface area contributed by atoms with E-state index in [1.165, 1.54) is 21.0 Å². The number of aliphatic hydroxyl groups is 1. The van der Waals surface area contributed by atoms with Gasteiger partial charge in [-0.15, -0.1) is 0 Å². The summed E-state index contributed by atoms with van der Waals surface area (Å²) >= 11 is 0. The van der Waals surface area contributed by atoms with E-state index in [0.717, 1.165) is 0 Å². The number of amides is 1. The van der Waals surface area contributed by atoms with Crippen molar-refractivity contribution in [2.75, 3.05) is 7.11 Å². The van der Waals surface area contributed by atoms with E-state index < -0.39 is 29.8 Å². The molecule has 0 aromatic carbocycles. The Morgan fingerprint density at radius 1 is 1.36 bits per heavy atom. The fraction of sp³-hybridized carbons (Fsp3) is 0.643. The van der Waals surface area contributed by atoms with Crippen molar-refractivity contribution in [1.29, 1.82) is 0 Å². The number of carbonyl (C=O) groups is 2. The Hall–Kier alpha value is -2.09. The molecule has 0 aliphatic rings. The molecule has 0 bridgehead atoms. The maximum atomic E-state index is 11.8. The number of aromatic nitrogens is 1. The molecule has 8 nitrogen and oxygen atoms in total. The van der Waals surface area contributed by atoms with Crippen LogP contribution in [0.5, 0.6) is 0 Å². The van der Waals surface area contributed by atoms with Crippen LogP contribution in [-0.4, -0.2) is 41.0 Å². The van der Waals surface area contributed by atoms with Gasteiger partial charge in [0.15, 0.2) is 5.69 Å². The highest BCUT2D eigenvalue weighted by Crippen LogP contribution is 2.21. The van der Waals surface area contributed by atoms with Crippen molar-refractivity contribution >= 4 is 12.1 Å². The summed E-state index contributed by atoms with van der Waals surface area (Å²) in [6.45, 7) is 8.15. The van der Waals surface area contributed by atoms with Gasteiger partial charge in [0.25, 0.3) is 0 Å². The van der Waals surface area contributed by atoms with E-state index >= 15 is 0 Å². The minimum absolute atomic E-state index is 0.00115. The summed E-state index contributed by atoms with van der Waals surface area (Å²) in [6.07, 6.45) is -1.73. The number of aliphatic hydroxyl groups excluding tert-OH is 1. The third-order valence-corrected chi connectivity index (χ3v) is 2.61. The summed E-state index contributed by atoms with van der Waals surface area (Å²) in [5.41, 5.74) is -0.689. The highest BCUT2D eigenvalue weighted by Gasteiger charge is 2.29. The van der Waals surface area contributed by atoms with Gasteiger partial charge in [0.05, 0.1) is 13.2 Å². The number of esters is 1. The molecule has 0 aliphatic heterocycles. The van der Waals surface area contributed by atoms with Crippen LogP contribution in [-0.2, 0) is 9.47 Å². The maximum Gasteiger partial charge on any atom is 0.408 e. The molecule has 0 saturated heterocycles. The van der Waals surface area contributed by atoms with E-state index in [9.17, 15) is 14.7 Å². The summed E-state index contributed by atoms with van der Waals surface area (Å²) < 4.78 is 15.1. The molecule has 0 radical (unpaired) electrons. The number of ether oxygens (including phenoxy) is 2. The molecule has 2 atom stereocenters. The van der Waals surface area contributed by atoms with E-state index in [-0.39, 0.29) is 17.3 Å². The molecule has 1 heterocycles. The van der Waals surface area contributed by atoms with Crippen molar-refractivity contribution < 1.29 is 28.6 Å². The summed E-state index contributed by atoms with van der Waals surface area (Å²) in [5, 5.41) is 12.3. The Morgan fingerprint density at radius 3 is 2.41 bits per heavy atom. The zero-order chi connectivity index (χ0) is 17.1. The van der Waals surface area contributed by atoms with E-state index in [4.69, 9.17) is 9.15 Å². The number of nitrogens with one attached hydrogen (secondary N) is 1. The molecule has 1 aromatic rings. The first kappa shape index (κ1) is 18.0. The lowest BCUT2D eigenvalue weighted by Crippen LogP contribution is -2.39. The lowest BCUT2D eigenvalue weighted by molar-refractivity contribution is 0.0413. The number of hydrogen-bond donors (Lipinski definition) is 2. The quantitative estimate of drug-likeness (QED) is 0.814. The monoisotopic (exact) mass is 314 g/mol. The number of nitrogens with zero attached hydrogens (tertiary/aromatic N) is 1. The van der Waals surface area contributed by atoms with Gasteiger partial charge in [0.1, 0.15) is 17.4 Å². The molecule has 22 heavy (non-hydrogen) atoms. The highest BCUT2D eigenvalue weighted by atomic mass is 16.6. The van der Waals surface area contributed by atoms with Gasteiger partial charge < -0.3 is 24.3 Å². The molecule has 0 aliphatic carbocycles. The SMILES string of the molecule is COC(=O)c1nc([C@@H](NC(=O)OC(C)(C)C)[C@@H](C)O)oc1C. The smallest absolute Gasteiger partial charge is 0.408 e. The maximum absolute atomic E-state index is 11.8. The van der Waals surface area contributed by atoms with Crippen LogP contribution in [0.25, 0.3) is 0 Å². The van der Waals surface area contributed by atoms with Gasteiger partial charge in [0, 0.05) is 0 Å². The minimum atomic E-state index is -1.00. The van der Waals surface area contributed by atoms with Gasteiger partial charge >= 0.3 is 12.1 Å². The molecule has 0 fully saturated rings. The fourth-order valence-electron chi connectivity index (χ4n) is 1.66. The molecule has 0 saturated carbocycles. The van der Waals surface area contributed by atoms with Crippen LogP contribution in [0.15, 0.2) is 4.42 Å². The fourth-order valence-corrected chi connectivity index (χ4v) is 1.66. The molecule has 0 unspecified atom stereocenters. The number of methoxy groups -OCH3 is 1. The first-order chi connectivity index (χ1) is 10.0. The van der Waals surface area contributed by atoms with Gasteiger partial charge in [-0.2, -0.15) is 0 Å². The van der Waals surface area contributed by atoms with Gasteiger partial charge in [-0.1, -0.05) is 0 Å². The van der Waals surface area contributed by atoms with Gasteiger partial charge in [-0.05, 0) is 34.6 Å². The van der Waals surface area contributed by atoms with Crippen LogP contribution in [0.3, 0.4) is 0 Å². The molecule has 0 spiro atoms. The Balaban J connectivity index is 2.97. The average molecular weight is 314 g/mol. The molecule has 1 rings (SSSR count). The number of aryl methyl sites for hydroxylation is 1. The largest absolute Gasteiger partial charge is 0.464 e. The number of hydrogen-bond acceptors (Lipinski definition) is 7. The van der Waals surface area contributed by atoms with Crippen molar-refractivity contribution in [3.8, 4) is 0 Å². The van der Waals surface area contributed by atoms with Crippen LogP contribution in [0, 0.1) is 6.92 Å². The number of carbonyl (C=O) groups excluding carboxylic acids is 2. The van der Waals surface area contributed by atoms with E-state index in [2.05, 4.69) is 15.0 Å². The first-order valence-electron chi connectivity index (χ1n) is 6.78. The van der Waals surface area contributed by atoms with Gasteiger partial charge in [0.2, 0.25) is 5.89 Å². The topological polar surface area (TPSA) is 111 Å². The first-order valence-corrected chi connectivity index (χ1v) is 6.78. The zero-order valence-corrected chi connectivity index (χ0v) is 13.6. The molecule has 1 amide bonds. The molecule has 2 N–H and O–H groups in total. The standard InChI is InChI=1S/C14H22N2O6/c1-7(17)9(16-13(19)22-14(3,4)5)11-15-10(8(2)21-11)12(18)20-6/h7,9,17H,1-6H3,(H,16,19)/t7-,9+/m1/s1. The predicted molar refractivity (Wildman–Crippen MR) is 76.4 cm³/mol. The van der Waals surface area contributed by atoms with Gasteiger partial charge in [-0.25, -0.2) is 14.6 Å². The normalized spacial score (nSPS) is 14.1. The second-order valence-electron chi connectivity index (χ2n) is 5.81. The number of oxazole rings is 1. The molecular formula is C14H22N2O6. The van der Waals surface area contributed by atoms with Crippen LogP contribution in [0.2, 0.25) is 0 Å². The van der Waals surface area contributed by atoms with Crippen LogP contribution in [0.4, 0.5) is 4.79 Å². The van der Waals surface area contributed by atoms with Crippen molar-refractivity contribution in [2.45, 2.75) is 52.4 Å². The summed E-state index contributed by atoms with van der Waals surface area (Å²) in [4.78, 5) is 27.3. The van der Waals surface area contributed by atoms with Crippen molar-refractivity contribution in [1.82, 2.24) is 10.3 Å². The summed E-state index contributed by atoms with van der Waals surface area (Å²) in [7, 11) is 1.22. The third kappa shape index (κ3) is 4.73. The zero-order valence-electron chi connectivity index (χ0n) is 13.6. The average Bonchev–Trinajstić information content (AvgIpc) is 2.74. The second-order valence-corrected chi connectivity index (χ2v) is 5.81. The van der Waals surface area contributed by atoms with E-state index in [0.29, 0.717) is 0 Å². The second kappa shape index (κ2) is 6.78. The Morgan fingerprint density at radius 2 is 1.95 bits per heavy atom. The number of rotatable bonds is 4. The van der Waals surface area contributed by atoms with E-state index in [1.807, 2.05) is 0 Å². The Labute approximate surface area is 128 Å². The van der Waals surface area contributed by atoms with E-state index in [1.54, 1.807) is 20.8 Å². The molecule has 124 valence electrons. The van der Waals surface area contributed by atoms with Crippen LogP contribution >= 0.6 is 0 Å². The van der Waals surface area contributed by atoms with Crippen molar-refractivity contribution in [3.05, 3.63) is 17.3 Å². The lowest BCUT2D eigenvalue weighted by atomic mass is 10.2. The molecule has 1 aromatic heterocycles. The predicted octanol–water partition coefficient (Wildman–Crippen LogP) is 1.72. The van der Waals surface area contributed by atoms with Gasteiger partial charge in [-0.3, -0.25) is 0 Å². The van der Waals surface area contributed by atoms with Crippen LogP contribution in [0.1, 0.15) is 55.9 Å². The minimum Gasteiger partial charge on any atom is -0.464 e.